The average molecular weight is 450 g/mol. The lowest BCUT2D eigenvalue weighted by atomic mass is 9.58. The summed E-state index contributed by atoms with van der Waals surface area (Å²) < 4.78 is 34.1. The van der Waals surface area contributed by atoms with E-state index in [0.717, 1.165) is 36.9 Å². The molecular weight excluding hydrogens is 422 g/mol. The van der Waals surface area contributed by atoms with Crippen molar-refractivity contribution in [3.63, 3.8) is 0 Å². The first-order valence-corrected chi connectivity index (χ1v) is 12.4. The van der Waals surface area contributed by atoms with Gasteiger partial charge in [0.05, 0.1) is 36.5 Å². The van der Waals surface area contributed by atoms with Gasteiger partial charge >= 0.3 is 7.82 Å². The molecule has 9 heteroatoms. The third kappa shape index (κ3) is 3.79. The van der Waals surface area contributed by atoms with E-state index in [-0.39, 0.29) is 18.2 Å². The zero-order valence-electron chi connectivity index (χ0n) is 17.4. The summed E-state index contributed by atoms with van der Waals surface area (Å²) in [6, 6.07) is 4.44. The van der Waals surface area contributed by atoms with Gasteiger partial charge in [0, 0.05) is 11.1 Å². The highest BCUT2D eigenvalue weighted by Gasteiger charge is 2.50. The van der Waals surface area contributed by atoms with E-state index in [4.69, 9.17) is 4.52 Å². The standard InChI is InChI=1S/C22H28FN2O5P/c1-22(9-13-5-6-19(26)14(7-13)10-22)20(30-31(27,28)29)8-17-21-15(3-2-4-16(21)23)18-11-24-12-25(17)18/h2-4,11-14,17,19-20,26H,5-10H2,1H3,(H2,27,28,29). The zero-order valence-corrected chi connectivity index (χ0v) is 18.3. The molecule has 6 unspecified atom stereocenters. The Balaban J connectivity index is 1.52. The number of nitrogens with zero attached hydrogens (tertiary/aromatic N) is 2. The Labute approximate surface area is 180 Å². The maximum absolute atomic E-state index is 14.9. The van der Waals surface area contributed by atoms with Gasteiger partial charge in [-0.15, -0.1) is 0 Å². The summed E-state index contributed by atoms with van der Waals surface area (Å²) in [5.41, 5.74) is 1.51. The van der Waals surface area contributed by atoms with Crippen LogP contribution in [0.1, 0.15) is 57.1 Å². The first kappa shape index (κ1) is 21.3. The molecule has 5 rings (SSSR count). The van der Waals surface area contributed by atoms with Gasteiger partial charge in [-0.2, -0.15) is 0 Å². The van der Waals surface area contributed by atoms with E-state index in [1.165, 1.54) is 6.07 Å². The minimum Gasteiger partial charge on any atom is -0.393 e. The van der Waals surface area contributed by atoms with Crippen LogP contribution in [0.2, 0.25) is 0 Å². The van der Waals surface area contributed by atoms with Gasteiger partial charge in [0.15, 0.2) is 0 Å². The molecule has 0 radical (unpaired) electrons. The molecule has 2 bridgehead atoms. The number of benzene rings is 1. The first-order valence-electron chi connectivity index (χ1n) is 10.9. The van der Waals surface area contributed by atoms with E-state index in [0.29, 0.717) is 17.9 Å². The molecule has 2 saturated carbocycles. The minimum absolute atomic E-state index is 0.0942. The van der Waals surface area contributed by atoms with Gasteiger partial charge in [0.2, 0.25) is 0 Å². The second kappa shape index (κ2) is 7.49. The van der Waals surface area contributed by atoms with Crippen LogP contribution in [0.25, 0.3) is 11.3 Å². The van der Waals surface area contributed by atoms with E-state index < -0.39 is 31.5 Å². The highest BCUT2D eigenvalue weighted by Crippen LogP contribution is 2.56. The number of phosphoric ester groups is 1. The van der Waals surface area contributed by atoms with E-state index >= 15 is 0 Å². The van der Waals surface area contributed by atoms with Gasteiger partial charge in [0.25, 0.3) is 0 Å². The van der Waals surface area contributed by atoms with Crippen molar-refractivity contribution in [2.45, 2.75) is 63.7 Å². The fourth-order valence-electron chi connectivity index (χ4n) is 6.41. The van der Waals surface area contributed by atoms with Crippen LogP contribution in [0.5, 0.6) is 0 Å². The summed E-state index contributed by atoms with van der Waals surface area (Å²) in [7, 11) is -4.78. The summed E-state index contributed by atoms with van der Waals surface area (Å²) in [6.45, 7) is 2.00. The molecule has 0 saturated heterocycles. The number of halogens is 1. The normalized spacial score (nSPS) is 33.1. The maximum Gasteiger partial charge on any atom is 0.469 e. The van der Waals surface area contributed by atoms with Gasteiger partial charge in [-0.3, -0.25) is 4.52 Å². The van der Waals surface area contributed by atoms with Crippen molar-refractivity contribution >= 4 is 7.82 Å². The molecule has 0 amide bonds. The van der Waals surface area contributed by atoms with Crippen molar-refractivity contribution in [1.29, 1.82) is 0 Å². The zero-order chi connectivity index (χ0) is 22.0. The SMILES string of the molecule is CC1(C(CC2c3c(F)cccc3-c3cncn32)OP(=O)(O)O)CC2CCC(O)C(C2)C1. The van der Waals surface area contributed by atoms with Crippen LogP contribution in [0, 0.1) is 23.1 Å². The molecule has 3 N–H and O–H groups in total. The highest BCUT2D eigenvalue weighted by atomic mass is 31.2. The Morgan fingerprint density at radius 3 is 2.94 bits per heavy atom. The summed E-state index contributed by atoms with van der Waals surface area (Å²) in [6.07, 6.45) is 6.36. The number of aliphatic hydroxyl groups is 1. The van der Waals surface area contributed by atoms with Crippen molar-refractivity contribution in [1.82, 2.24) is 9.55 Å². The number of rotatable bonds is 5. The molecule has 1 aliphatic heterocycles. The lowest BCUT2D eigenvalue weighted by Gasteiger charge is -2.50. The van der Waals surface area contributed by atoms with E-state index in [9.17, 15) is 23.8 Å². The Kier molecular flexibility index (Phi) is 5.14. The molecule has 6 atom stereocenters. The van der Waals surface area contributed by atoms with Crippen molar-refractivity contribution in [3.05, 3.63) is 42.1 Å². The summed E-state index contributed by atoms with van der Waals surface area (Å²) in [4.78, 5) is 23.6. The van der Waals surface area contributed by atoms with Crippen LogP contribution in [-0.4, -0.2) is 36.7 Å². The Morgan fingerprint density at radius 1 is 1.35 bits per heavy atom. The number of hydrogen-bond donors (Lipinski definition) is 3. The predicted molar refractivity (Wildman–Crippen MR) is 111 cm³/mol. The largest absolute Gasteiger partial charge is 0.469 e. The van der Waals surface area contributed by atoms with Gasteiger partial charge in [-0.25, -0.2) is 13.9 Å². The van der Waals surface area contributed by atoms with Crippen LogP contribution < -0.4 is 0 Å². The number of aliphatic hydroxyl groups excluding tert-OH is 1. The molecule has 2 aromatic rings. The number of hydrogen-bond acceptors (Lipinski definition) is 4. The van der Waals surface area contributed by atoms with Crippen LogP contribution >= 0.6 is 7.82 Å². The Morgan fingerprint density at radius 2 is 2.16 bits per heavy atom. The lowest BCUT2D eigenvalue weighted by molar-refractivity contribution is -0.0782. The van der Waals surface area contributed by atoms with Gasteiger partial charge < -0.3 is 19.5 Å². The molecule has 2 aliphatic carbocycles. The van der Waals surface area contributed by atoms with Gasteiger partial charge in [-0.1, -0.05) is 19.1 Å². The fourth-order valence-corrected chi connectivity index (χ4v) is 7.08. The number of imidazole rings is 1. The fraction of sp³-hybridized carbons (Fsp3) is 0.591. The van der Waals surface area contributed by atoms with Crippen molar-refractivity contribution in [2.24, 2.45) is 17.3 Å². The Bertz CT molecular complexity index is 1040. The second-order valence-electron chi connectivity index (χ2n) is 9.79. The minimum atomic E-state index is -4.78. The molecule has 7 nitrogen and oxygen atoms in total. The van der Waals surface area contributed by atoms with Crippen LogP contribution in [0.4, 0.5) is 4.39 Å². The summed E-state index contributed by atoms with van der Waals surface area (Å²) >= 11 is 0. The molecular formula is C22H28FN2O5P. The van der Waals surface area contributed by atoms with Crippen molar-refractivity contribution in [3.8, 4) is 11.3 Å². The van der Waals surface area contributed by atoms with E-state index in [2.05, 4.69) is 4.98 Å². The van der Waals surface area contributed by atoms with Gasteiger partial charge in [-0.05, 0) is 61.8 Å². The third-order valence-corrected chi connectivity index (χ3v) is 8.21. The van der Waals surface area contributed by atoms with Crippen molar-refractivity contribution < 1.29 is 28.4 Å². The quantitative estimate of drug-likeness (QED) is 0.594. The summed E-state index contributed by atoms with van der Waals surface area (Å²) in [5.74, 6) is 0.144. The number of phosphoric acid groups is 1. The maximum atomic E-state index is 14.9. The number of aromatic nitrogens is 2. The van der Waals surface area contributed by atoms with Gasteiger partial charge in [0.1, 0.15) is 5.82 Å². The average Bonchev–Trinajstić information content (AvgIpc) is 3.26. The predicted octanol–water partition coefficient (Wildman–Crippen LogP) is 4.04. The molecule has 2 heterocycles. The molecule has 0 spiro atoms. The number of fused-ring (bicyclic) bond motifs is 5. The first-order chi connectivity index (χ1) is 14.6. The van der Waals surface area contributed by atoms with Crippen molar-refractivity contribution in [2.75, 3.05) is 0 Å². The Hall–Kier alpha value is -1.57. The van der Waals surface area contributed by atoms with Crippen LogP contribution in [0.3, 0.4) is 0 Å². The molecule has 2 fully saturated rings. The molecule has 3 aliphatic rings. The van der Waals surface area contributed by atoms with E-state index in [1.807, 2.05) is 17.6 Å². The smallest absolute Gasteiger partial charge is 0.393 e. The topological polar surface area (TPSA) is 105 Å². The highest BCUT2D eigenvalue weighted by molar-refractivity contribution is 7.46. The third-order valence-electron chi connectivity index (χ3n) is 7.68. The summed E-state index contributed by atoms with van der Waals surface area (Å²) in [5, 5.41) is 10.5. The molecule has 168 valence electrons. The molecule has 31 heavy (non-hydrogen) atoms. The van der Waals surface area contributed by atoms with E-state index in [1.54, 1.807) is 18.6 Å². The monoisotopic (exact) mass is 450 g/mol. The lowest BCUT2D eigenvalue weighted by Crippen LogP contribution is -2.47. The molecule has 1 aromatic heterocycles. The van der Waals surface area contributed by atoms with Crippen LogP contribution in [0.15, 0.2) is 30.7 Å². The van der Waals surface area contributed by atoms with Crippen LogP contribution in [-0.2, 0) is 9.09 Å². The second-order valence-corrected chi connectivity index (χ2v) is 11.0. The molecule has 1 aromatic carbocycles.